The van der Waals surface area contributed by atoms with Crippen LogP contribution in [0.2, 0.25) is 0 Å². The van der Waals surface area contributed by atoms with Crippen molar-refractivity contribution in [2.75, 3.05) is 11.4 Å². The third kappa shape index (κ3) is 2.25. The van der Waals surface area contributed by atoms with Gasteiger partial charge in [-0.25, -0.2) is 0 Å². The van der Waals surface area contributed by atoms with Gasteiger partial charge in [0.1, 0.15) is 0 Å². The van der Waals surface area contributed by atoms with Gasteiger partial charge in [-0.05, 0) is 44.9 Å². The van der Waals surface area contributed by atoms with E-state index >= 15 is 0 Å². The number of ketones is 1. The molecule has 0 aliphatic carbocycles. The maximum Gasteiger partial charge on any atom is 0.157 e. The smallest absolute Gasteiger partial charge is 0.157 e. The number of aryl methyl sites for hydroxylation is 1. The van der Waals surface area contributed by atoms with Crippen LogP contribution < -0.4 is 4.90 Å². The third-order valence-electron chi connectivity index (χ3n) is 3.61. The summed E-state index contributed by atoms with van der Waals surface area (Å²) in [5.41, 5.74) is 1.96. The highest BCUT2D eigenvalue weighted by Gasteiger charge is 2.37. The lowest BCUT2D eigenvalue weighted by molar-refractivity contribution is -0.124. The molecule has 0 amide bonds. The summed E-state index contributed by atoms with van der Waals surface area (Å²) in [6, 6.07) is 6.30. The Bertz CT molecular complexity index is 454. The summed E-state index contributed by atoms with van der Waals surface area (Å²) in [6.07, 6.45) is 1.66. The molecule has 2 nitrogen and oxygen atoms in total. The zero-order valence-corrected chi connectivity index (χ0v) is 12.2. The number of carbonyl (C=O) groups is 1. The number of carbonyl (C=O) groups excluding carboxylic acids is 1. The molecule has 1 fully saturated rings. The van der Waals surface area contributed by atoms with E-state index in [-0.39, 0.29) is 5.54 Å². The van der Waals surface area contributed by atoms with Gasteiger partial charge in [0.05, 0.1) is 5.54 Å². The fourth-order valence-corrected chi connectivity index (χ4v) is 2.70. The molecule has 1 aromatic rings. The number of hydrogen-bond donors (Lipinski definition) is 0. The van der Waals surface area contributed by atoms with Crippen LogP contribution in [-0.2, 0) is 4.79 Å². The second-order valence-electron chi connectivity index (χ2n) is 5.17. The molecule has 2 rings (SSSR count). The molecule has 1 saturated heterocycles. The molecule has 0 atom stereocenters. The quantitative estimate of drug-likeness (QED) is 0.787. The third-order valence-corrected chi connectivity index (χ3v) is 4.46. The van der Waals surface area contributed by atoms with Crippen LogP contribution in [0.4, 0.5) is 5.69 Å². The van der Waals surface area contributed by atoms with E-state index < -0.39 is 0 Å². The van der Waals surface area contributed by atoms with Crippen molar-refractivity contribution in [1.29, 1.82) is 0 Å². The van der Waals surface area contributed by atoms with Crippen LogP contribution >= 0.6 is 15.9 Å². The summed E-state index contributed by atoms with van der Waals surface area (Å²) in [7, 11) is 0. The number of benzene rings is 1. The summed E-state index contributed by atoms with van der Waals surface area (Å²) >= 11 is 3.55. The standard InChI is InChI=1S/C14H18BrNO/c1-10-6-7-11(9-12(10)15)16-8-4-5-13(17)14(16,2)3/h6-7,9H,4-5,8H2,1-3H3. The van der Waals surface area contributed by atoms with Crippen molar-refractivity contribution in [1.82, 2.24) is 0 Å². The van der Waals surface area contributed by atoms with Crippen LogP contribution in [0.5, 0.6) is 0 Å². The summed E-state index contributed by atoms with van der Waals surface area (Å²) in [4.78, 5) is 14.2. The van der Waals surface area contributed by atoms with Crippen LogP contribution in [0.15, 0.2) is 22.7 Å². The number of nitrogens with zero attached hydrogens (tertiary/aromatic N) is 1. The minimum Gasteiger partial charge on any atom is -0.359 e. The maximum absolute atomic E-state index is 12.0. The second kappa shape index (κ2) is 4.45. The molecule has 1 heterocycles. The Morgan fingerprint density at radius 1 is 1.35 bits per heavy atom. The van der Waals surface area contributed by atoms with Crippen molar-refractivity contribution in [3.8, 4) is 0 Å². The maximum atomic E-state index is 12.0. The van der Waals surface area contributed by atoms with E-state index in [0.717, 1.165) is 23.1 Å². The van der Waals surface area contributed by atoms with Crippen molar-refractivity contribution >= 4 is 27.4 Å². The SMILES string of the molecule is Cc1ccc(N2CCCC(=O)C2(C)C)cc1Br. The average Bonchev–Trinajstić information content (AvgIpc) is 2.26. The Kier molecular flexibility index (Phi) is 3.30. The first kappa shape index (κ1) is 12.6. The van der Waals surface area contributed by atoms with E-state index in [1.165, 1.54) is 5.56 Å². The van der Waals surface area contributed by atoms with Gasteiger partial charge in [0.2, 0.25) is 0 Å². The molecular formula is C14H18BrNO. The highest BCUT2D eigenvalue weighted by molar-refractivity contribution is 9.10. The lowest BCUT2D eigenvalue weighted by atomic mass is 9.88. The summed E-state index contributed by atoms with van der Waals surface area (Å²) in [6.45, 7) is 7.05. The molecule has 0 spiro atoms. The van der Waals surface area contributed by atoms with Crippen LogP contribution in [-0.4, -0.2) is 17.9 Å². The molecule has 3 heteroatoms. The van der Waals surface area contributed by atoms with Gasteiger partial charge in [-0.1, -0.05) is 22.0 Å². The largest absolute Gasteiger partial charge is 0.359 e. The van der Waals surface area contributed by atoms with Crippen LogP contribution in [0, 0.1) is 6.92 Å². The molecule has 0 aromatic heterocycles. The lowest BCUT2D eigenvalue weighted by Crippen LogP contribution is -2.54. The number of hydrogen-bond acceptors (Lipinski definition) is 2. The van der Waals surface area contributed by atoms with E-state index in [2.05, 4.69) is 46.0 Å². The van der Waals surface area contributed by atoms with Gasteiger partial charge in [-0.3, -0.25) is 4.79 Å². The number of rotatable bonds is 1. The predicted octanol–water partition coefficient (Wildman–Crippen LogP) is 3.71. The molecule has 1 aliphatic heterocycles. The van der Waals surface area contributed by atoms with E-state index in [0.29, 0.717) is 12.2 Å². The first-order valence-corrected chi connectivity index (χ1v) is 6.79. The highest BCUT2D eigenvalue weighted by Crippen LogP contribution is 2.32. The van der Waals surface area contributed by atoms with Gasteiger partial charge < -0.3 is 4.90 Å². The fourth-order valence-electron chi connectivity index (χ4n) is 2.34. The number of halogens is 1. The summed E-state index contributed by atoms with van der Waals surface area (Å²) in [5.74, 6) is 0.334. The number of anilines is 1. The predicted molar refractivity (Wildman–Crippen MR) is 74.5 cm³/mol. The molecule has 0 N–H and O–H groups in total. The summed E-state index contributed by atoms with van der Waals surface area (Å²) < 4.78 is 1.10. The highest BCUT2D eigenvalue weighted by atomic mass is 79.9. The van der Waals surface area contributed by atoms with Gasteiger partial charge in [0, 0.05) is 23.1 Å². The Morgan fingerprint density at radius 3 is 2.71 bits per heavy atom. The van der Waals surface area contributed by atoms with Crippen LogP contribution in [0.1, 0.15) is 32.3 Å². The van der Waals surface area contributed by atoms with E-state index in [1.807, 2.05) is 13.8 Å². The Morgan fingerprint density at radius 2 is 2.06 bits per heavy atom. The van der Waals surface area contributed by atoms with Crippen molar-refractivity contribution < 1.29 is 4.79 Å². The molecule has 17 heavy (non-hydrogen) atoms. The second-order valence-corrected chi connectivity index (χ2v) is 6.03. The molecular weight excluding hydrogens is 278 g/mol. The summed E-state index contributed by atoms with van der Waals surface area (Å²) in [5, 5.41) is 0. The molecule has 0 saturated carbocycles. The Hall–Kier alpha value is -0.830. The monoisotopic (exact) mass is 295 g/mol. The first-order chi connectivity index (χ1) is 7.93. The topological polar surface area (TPSA) is 20.3 Å². The van der Waals surface area contributed by atoms with Gasteiger partial charge in [0.25, 0.3) is 0 Å². The minimum absolute atomic E-state index is 0.334. The lowest BCUT2D eigenvalue weighted by Gasteiger charge is -2.42. The van der Waals surface area contributed by atoms with Crippen molar-refractivity contribution in [3.05, 3.63) is 28.2 Å². The van der Waals surface area contributed by atoms with E-state index in [9.17, 15) is 4.79 Å². The molecule has 1 aromatic carbocycles. The van der Waals surface area contributed by atoms with Gasteiger partial charge in [0.15, 0.2) is 5.78 Å². The van der Waals surface area contributed by atoms with Crippen LogP contribution in [0.25, 0.3) is 0 Å². The van der Waals surface area contributed by atoms with Gasteiger partial charge in [-0.15, -0.1) is 0 Å². The molecule has 92 valence electrons. The van der Waals surface area contributed by atoms with Crippen LogP contribution in [0.3, 0.4) is 0 Å². The zero-order chi connectivity index (χ0) is 12.6. The first-order valence-electron chi connectivity index (χ1n) is 6.00. The molecule has 1 aliphatic rings. The molecule has 0 radical (unpaired) electrons. The minimum atomic E-state index is -0.382. The zero-order valence-electron chi connectivity index (χ0n) is 10.6. The van der Waals surface area contributed by atoms with Crippen molar-refractivity contribution in [2.24, 2.45) is 0 Å². The van der Waals surface area contributed by atoms with Gasteiger partial charge >= 0.3 is 0 Å². The van der Waals surface area contributed by atoms with Crippen molar-refractivity contribution in [2.45, 2.75) is 39.2 Å². The Balaban J connectivity index is 2.38. The van der Waals surface area contributed by atoms with E-state index in [4.69, 9.17) is 0 Å². The number of piperidine rings is 1. The van der Waals surface area contributed by atoms with Gasteiger partial charge in [-0.2, -0.15) is 0 Å². The molecule has 0 bridgehead atoms. The normalized spacial score (nSPS) is 19.5. The van der Waals surface area contributed by atoms with Crippen molar-refractivity contribution in [3.63, 3.8) is 0 Å². The number of Topliss-reactive ketones (excluding diaryl/α,β-unsaturated/α-hetero) is 1. The fraction of sp³-hybridized carbons (Fsp3) is 0.500. The Labute approximate surface area is 111 Å². The molecule has 0 unspecified atom stereocenters. The average molecular weight is 296 g/mol. The van der Waals surface area contributed by atoms with E-state index in [1.54, 1.807) is 0 Å².